The Hall–Kier alpha value is -1.88. The predicted octanol–water partition coefficient (Wildman–Crippen LogP) is 3.51. The van der Waals surface area contributed by atoms with Crippen molar-refractivity contribution in [3.8, 4) is 0 Å². The number of rotatable bonds is 6. The van der Waals surface area contributed by atoms with E-state index >= 15 is 0 Å². The van der Waals surface area contributed by atoms with E-state index in [2.05, 4.69) is 24.3 Å². The van der Waals surface area contributed by atoms with Gasteiger partial charge >= 0.3 is 0 Å². The molecule has 1 fully saturated rings. The quantitative estimate of drug-likeness (QED) is 0.886. The highest BCUT2D eigenvalue weighted by Crippen LogP contribution is 2.34. The van der Waals surface area contributed by atoms with E-state index in [9.17, 15) is 4.39 Å². The molecule has 23 heavy (non-hydrogen) atoms. The summed E-state index contributed by atoms with van der Waals surface area (Å²) in [6, 6.07) is 6.89. The van der Waals surface area contributed by atoms with Gasteiger partial charge in [-0.15, -0.1) is 0 Å². The monoisotopic (exact) mass is 317 g/mol. The maximum absolute atomic E-state index is 13.7. The average Bonchev–Trinajstić information content (AvgIpc) is 3.14. The Bertz CT molecular complexity index is 662. The zero-order chi connectivity index (χ0) is 16.3. The molecule has 1 aliphatic heterocycles. The molecule has 2 heterocycles. The molecule has 1 aromatic heterocycles. The fourth-order valence-corrected chi connectivity index (χ4v) is 3.24. The van der Waals surface area contributed by atoms with Crippen LogP contribution in [0.15, 0.2) is 30.5 Å². The van der Waals surface area contributed by atoms with Gasteiger partial charge in [0.1, 0.15) is 11.6 Å². The third kappa shape index (κ3) is 3.24. The highest BCUT2D eigenvalue weighted by Gasteiger charge is 2.37. The summed E-state index contributed by atoms with van der Waals surface area (Å²) >= 11 is 0. The number of benzene rings is 1. The highest BCUT2D eigenvalue weighted by atomic mass is 19.1. The van der Waals surface area contributed by atoms with Crippen LogP contribution in [0.2, 0.25) is 0 Å². The van der Waals surface area contributed by atoms with Crippen molar-refractivity contribution in [2.45, 2.75) is 38.6 Å². The Morgan fingerprint density at radius 3 is 3.00 bits per heavy atom. The Labute approximate surface area is 136 Å². The van der Waals surface area contributed by atoms with E-state index < -0.39 is 0 Å². The molecule has 1 N–H and O–H groups in total. The SMILES string of the molecule is CCCn1ncc(C)c1NCC1(c2cccc(F)c2)CCOC1. The average molecular weight is 317 g/mol. The molecule has 0 saturated carbocycles. The van der Waals surface area contributed by atoms with E-state index in [1.807, 2.05) is 16.9 Å². The van der Waals surface area contributed by atoms with Gasteiger partial charge in [0.2, 0.25) is 0 Å². The second-order valence-electron chi connectivity index (χ2n) is 6.35. The zero-order valence-corrected chi connectivity index (χ0v) is 13.8. The maximum Gasteiger partial charge on any atom is 0.127 e. The molecule has 0 amide bonds. The minimum Gasteiger partial charge on any atom is -0.380 e. The molecule has 0 bridgehead atoms. The Morgan fingerprint density at radius 2 is 2.30 bits per heavy atom. The molecule has 1 saturated heterocycles. The van der Waals surface area contributed by atoms with Crippen molar-refractivity contribution in [1.82, 2.24) is 9.78 Å². The van der Waals surface area contributed by atoms with Gasteiger partial charge in [0.15, 0.2) is 0 Å². The van der Waals surface area contributed by atoms with Crippen molar-refractivity contribution in [3.63, 3.8) is 0 Å². The highest BCUT2D eigenvalue weighted by molar-refractivity contribution is 5.44. The largest absolute Gasteiger partial charge is 0.380 e. The molecule has 4 nitrogen and oxygen atoms in total. The lowest BCUT2D eigenvalue weighted by molar-refractivity contribution is 0.179. The van der Waals surface area contributed by atoms with Crippen LogP contribution < -0.4 is 5.32 Å². The molecule has 2 aromatic rings. The zero-order valence-electron chi connectivity index (χ0n) is 13.8. The molecule has 0 aliphatic carbocycles. The van der Waals surface area contributed by atoms with Crippen LogP contribution in [-0.4, -0.2) is 29.5 Å². The smallest absolute Gasteiger partial charge is 0.127 e. The van der Waals surface area contributed by atoms with Crippen LogP contribution in [0.5, 0.6) is 0 Å². The van der Waals surface area contributed by atoms with E-state index in [0.717, 1.165) is 36.3 Å². The van der Waals surface area contributed by atoms with Crippen molar-refractivity contribution >= 4 is 5.82 Å². The Kier molecular flexibility index (Phi) is 4.66. The number of halogens is 1. The second-order valence-corrected chi connectivity index (χ2v) is 6.35. The molecule has 1 atom stereocenters. The van der Waals surface area contributed by atoms with Gasteiger partial charge in [0, 0.05) is 30.7 Å². The van der Waals surface area contributed by atoms with Crippen LogP contribution in [0.4, 0.5) is 10.2 Å². The summed E-state index contributed by atoms with van der Waals surface area (Å²) in [4.78, 5) is 0. The molecule has 3 rings (SSSR count). The summed E-state index contributed by atoms with van der Waals surface area (Å²) in [5.74, 6) is 0.857. The number of aryl methyl sites for hydroxylation is 2. The molecule has 5 heteroatoms. The van der Waals surface area contributed by atoms with Gasteiger partial charge in [-0.05, 0) is 37.5 Å². The predicted molar refractivity (Wildman–Crippen MR) is 89.3 cm³/mol. The van der Waals surface area contributed by atoms with Crippen molar-refractivity contribution in [1.29, 1.82) is 0 Å². The van der Waals surface area contributed by atoms with E-state index in [1.165, 1.54) is 6.07 Å². The van der Waals surface area contributed by atoms with Gasteiger partial charge in [-0.2, -0.15) is 5.10 Å². The summed E-state index contributed by atoms with van der Waals surface area (Å²) in [5.41, 5.74) is 1.95. The first-order chi connectivity index (χ1) is 11.1. The Balaban J connectivity index is 1.83. The van der Waals surface area contributed by atoms with Crippen LogP contribution in [0.1, 0.15) is 30.9 Å². The minimum absolute atomic E-state index is 0.185. The normalized spacial score (nSPS) is 20.8. The first-order valence-corrected chi connectivity index (χ1v) is 8.25. The van der Waals surface area contributed by atoms with Crippen LogP contribution >= 0.6 is 0 Å². The molecule has 0 radical (unpaired) electrons. The van der Waals surface area contributed by atoms with Crippen molar-refractivity contribution in [3.05, 3.63) is 47.4 Å². The lowest BCUT2D eigenvalue weighted by atomic mass is 9.79. The van der Waals surface area contributed by atoms with Crippen molar-refractivity contribution in [2.24, 2.45) is 0 Å². The van der Waals surface area contributed by atoms with Gasteiger partial charge in [-0.25, -0.2) is 9.07 Å². The summed E-state index contributed by atoms with van der Waals surface area (Å²) in [7, 11) is 0. The van der Waals surface area contributed by atoms with Crippen LogP contribution in [-0.2, 0) is 16.7 Å². The first kappa shape index (κ1) is 16.0. The number of nitrogens with zero attached hydrogens (tertiary/aromatic N) is 2. The molecule has 1 aromatic carbocycles. The fraction of sp³-hybridized carbons (Fsp3) is 0.500. The molecular formula is C18H24FN3O. The van der Waals surface area contributed by atoms with E-state index in [1.54, 1.807) is 12.1 Å². The molecule has 1 unspecified atom stereocenters. The number of hydrogen-bond donors (Lipinski definition) is 1. The number of aromatic nitrogens is 2. The number of anilines is 1. The molecular weight excluding hydrogens is 293 g/mol. The topological polar surface area (TPSA) is 39.1 Å². The maximum atomic E-state index is 13.7. The third-order valence-corrected chi connectivity index (χ3v) is 4.59. The van der Waals surface area contributed by atoms with Gasteiger partial charge in [0.05, 0.1) is 12.8 Å². The second kappa shape index (κ2) is 6.71. The fourth-order valence-electron chi connectivity index (χ4n) is 3.24. The van der Waals surface area contributed by atoms with Crippen molar-refractivity contribution in [2.75, 3.05) is 25.1 Å². The summed E-state index contributed by atoms with van der Waals surface area (Å²) in [6.07, 6.45) is 3.82. The van der Waals surface area contributed by atoms with Gasteiger partial charge in [-0.1, -0.05) is 19.1 Å². The summed E-state index contributed by atoms with van der Waals surface area (Å²) in [5, 5.41) is 7.97. The standard InChI is InChI=1S/C18H24FN3O/c1-3-8-22-17(14(2)11-21-22)20-12-18(7-9-23-13-18)15-5-4-6-16(19)10-15/h4-6,10-11,20H,3,7-9,12-13H2,1-2H3. The van der Waals surface area contributed by atoms with Gasteiger partial charge in [0.25, 0.3) is 0 Å². The molecule has 0 spiro atoms. The number of hydrogen-bond acceptors (Lipinski definition) is 3. The lowest BCUT2D eigenvalue weighted by Crippen LogP contribution is -2.35. The first-order valence-electron chi connectivity index (χ1n) is 8.25. The number of ether oxygens (including phenoxy) is 1. The molecule has 1 aliphatic rings. The van der Waals surface area contributed by atoms with Gasteiger partial charge < -0.3 is 10.1 Å². The minimum atomic E-state index is -0.194. The number of nitrogens with one attached hydrogen (secondary N) is 1. The summed E-state index contributed by atoms with van der Waals surface area (Å²) < 4.78 is 21.3. The third-order valence-electron chi connectivity index (χ3n) is 4.59. The van der Waals surface area contributed by atoms with Crippen molar-refractivity contribution < 1.29 is 9.13 Å². The van der Waals surface area contributed by atoms with E-state index in [-0.39, 0.29) is 11.2 Å². The van der Waals surface area contributed by atoms with Crippen LogP contribution in [0.3, 0.4) is 0 Å². The van der Waals surface area contributed by atoms with E-state index in [0.29, 0.717) is 19.8 Å². The molecule has 124 valence electrons. The van der Waals surface area contributed by atoms with Gasteiger partial charge in [-0.3, -0.25) is 0 Å². The summed E-state index contributed by atoms with van der Waals surface area (Å²) in [6.45, 7) is 7.13. The lowest BCUT2D eigenvalue weighted by Gasteiger charge is -2.29. The van der Waals surface area contributed by atoms with Crippen LogP contribution in [0.25, 0.3) is 0 Å². The van der Waals surface area contributed by atoms with Crippen LogP contribution in [0, 0.1) is 12.7 Å². The Morgan fingerprint density at radius 1 is 1.43 bits per heavy atom. The van der Waals surface area contributed by atoms with E-state index in [4.69, 9.17) is 4.74 Å².